The third kappa shape index (κ3) is 3.75. The molecule has 0 saturated heterocycles. The van der Waals surface area contributed by atoms with Crippen LogP contribution >= 0.6 is 11.8 Å². The Labute approximate surface area is 302 Å². The van der Waals surface area contributed by atoms with Crippen LogP contribution in [0.5, 0.6) is 0 Å². The molecule has 10 rings (SSSR count). The van der Waals surface area contributed by atoms with Crippen molar-refractivity contribution in [2.75, 3.05) is 0 Å². The molecule has 0 amide bonds. The highest BCUT2D eigenvalue weighted by atomic mass is 32.2. The zero-order valence-corrected chi connectivity index (χ0v) is 23.2. The van der Waals surface area contributed by atoms with E-state index in [-0.39, 0.29) is 36.9 Å². The van der Waals surface area contributed by atoms with Crippen molar-refractivity contribution in [2.24, 2.45) is 0 Å². The van der Waals surface area contributed by atoms with Crippen molar-refractivity contribution in [1.29, 1.82) is 0 Å². The molecule has 0 aromatic heterocycles. The predicted molar refractivity (Wildman–Crippen MR) is 194 cm³/mol. The Kier molecular flexibility index (Phi) is 2.26. The Balaban J connectivity index is 1.49. The molecule has 0 unspecified atom stereocenters. The standard InChI is InChI=1S/C44H26S/c1-2-8-27(9-3-1)32-24-33(35-22-20-31-19-18-29-10-4-11-30-21-23-38(35)43(31)41(29)30)26-34(25-32)36-14-7-16-39-37-15-5-12-28-13-6-17-40(42(28)37)45-44(36)39/h1-26H/i1D,2D,3D,4D,5D,6D,7D,8D,9D,10D,11D,12D,13D,14D,15D,16D,17D,18D,19D,20D,21D,22D,23D,24D,25D,26D. The lowest BCUT2D eigenvalue weighted by atomic mass is 9.87. The molecule has 1 heteroatoms. The Morgan fingerprint density at radius 1 is 0.356 bits per heavy atom. The Hall–Kier alpha value is -5.37. The lowest BCUT2D eigenvalue weighted by Gasteiger charge is -2.23. The first kappa shape index (κ1) is 10.6. The molecule has 0 N–H and O–H groups in total. The van der Waals surface area contributed by atoms with Crippen molar-refractivity contribution < 1.29 is 35.6 Å². The molecule has 0 radical (unpaired) electrons. The Morgan fingerprint density at radius 3 is 1.76 bits per heavy atom. The van der Waals surface area contributed by atoms with E-state index >= 15 is 0 Å². The van der Waals surface area contributed by atoms with Gasteiger partial charge in [0, 0.05) is 15.2 Å². The van der Waals surface area contributed by atoms with E-state index in [0.29, 0.717) is 11.8 Å². The van der Waals surface area contributed by atoms with E-state index in [1.165, 1.54) is 0 Å². The van der Waals surface area contributed by atoms with Crippen LogP contribution in [0.2, 0.25) is 0 Å². The highest BCUT2D eigenvalue weighted by Gasteiger charge is 2.23. The third-order valence-corrected chi connectivity index (χ3v) is 8.68. The minimum Gasteiger partial charge on any atom is -0.0881 e. The maximum Gasteiger partial charge on any atom is 0.0636 e. The summed E-state index contributed by atoms with van der Waals surface area (Å²) in [6, 6.07) is -21.7. The van der Waals surface area contributed by atoms with Crippen molar-refractivity contribution in [1.82, 2.24) is 0 Å². The Morgan fingerprint density at radius 2 is 0.933 bits per heavy atom. The zero-order chi connectivity index (χ0) is 52.1. The van der Waals surface area contributed by atoms with Crippen molar-refractivity contribution >= 4 is 54.9 Å². The normalized spacial score (nSPS) is 20.4. The molecular formula is C44H26S. The lowest BCUT2D eigenvalue weighted by molar-refractivity contribution is 1.39. The van der Waals surface area contributed by atoms with Gasteiger partial charge in [0.15, 0.2) is 0 Å². The first-order valence-corrected chi connectivity index (χ1v) is 14.2. The van der Waals surface area contributed by atoms with Crippen LogP contribution in [0.1, 0.15) is 35.6 Å². The quantitative estimate of drug-likeness (QED) is 0.179. The average Bonchev–Trinajstić information content (AvgIpc) is 3.33. The monoisotopic (exact) mass is 612 g/mol. The molecule has 0 bridgehead atoms. The topological polar surface area (TPSA) is 0 Å². The van der Waals surface area contributed by atoms with Gasteiger partial charge in [-0.25, -0.2) is 0 Å². The van der Waals surface area contributed by atoms with Crippen molar-refractivity contribution in [3.05, 3.63) is 157 Å². The number of rotatable bonds is 3. The first-order valence-electron chi connectivity index (χ1n) is 26.4. The summed E-state index contributed by atoms with van der Waals surface area (Å²) in [6.07, 6.45) is 0. The minimum absolute atomic E-state index is 0.172. The largest absolute Gasteiger partial charge is 0.0881 e. The summed E-state index contributed by atoms with van der Waals surface area (Å²) < 4.78 is 235. The molecule has 0 fully saturated rings. The molecule has 0 atom stereocenters. The molecule has 1 aliphatic rings. The van der Waals surface area contributed by atoms with Crippen molar-refractivity contribution in [2.45, 2.75) is 9.79 Å². The van der Waals surface area contributed by atoms with Crippen LogP contribution in [-0.4, -0.2) is 0 Å². The van der Waals surface area contributed by atoms with E-state index < -0.39 is 218 Å². The van der Waals surface area contributed by atoms with Gasteiger partial charge < -0.3 is 0 Å². The van der Waals surface area contributed by atoms with Crippen LogP contribution in [0.3, 0.4) is 0 Å². The molecule has 0 nitrogen and oxygen atoms in total. The van der Waals surface area contributed by atoms with Crippen LogP contribution in [-0.2, 0) is 0 Å². The van der Waals surface area contributed by atoms with Gasteiger partial charge in [0.1, 0.15) is 0 Å². The summed E-state index contributed by atoms with van der Waals surface area (Å²) in [5.74, 6) is 0. The molecule has 208 valence electrons. The molecule has 1 heterocycles. The molecule has 0 spiro atoms. The van der Waals surface area contributed by atoms with Gasteiger partial charge >= 0.3 is 0 Å². The van der Waals surface area contributed by atoms with Gasteiger partial charge in [0.25, 0.3) is 0 Å². The smallest absolute Gasteiger partial charge is 0.0636 e. The van der Waals surface area contributed by atoms with E-state index in [1.54, 1.807) is 0 Å². The maximum atomic E-state index is 10.1. The average molecular weight is 613 g/mol. The third-order valence-electron chi connectivity index (χ3n) is 7.56. The van der Waals surface area contributed by atoms with Gasteiger partial charge in [-0.1, -0.05) is 145 Å². The second kappa shape index (κ2) is 9.56. The lowest BCUT2D eigenvalue weighted by Crippen LogP contribution is -1.96. The van der Waals surface area contributed by atoms with E-state index in [1.807, 2.05) is 0 Å². The number of hydrogen-bond acceptors (Lipinski definition) is 1. The molecular weight excluding hydrogens is 561 g/mol. The fourth-order valence-electron chi connectivity index (χ4n) is 5.62. The molecule has 9 aromatic carbocycles. The highest BCUT2D eigenvalue weighted by Crippen LogP contribution is 2.52. The van der Waals surface area contributed by atoms with Crippen molar-refractivity contribution in [3.8, 4) is 44.5 Å². The van der Waals surface area contributed by atoms with Crippen LogP contribution in [0, 0.1) is 0 Å². The Bertz CT molecular complexity index is 4030. The van der Waals surface area contributed by atoms with E-state index in [4.69, 9.17) is 23.3 Å². The SMILES string of the molecule is [2H]c1c([2H])c([2H])c(-c2c([2H])c(-c3c([2H])c([2H])c([2H])c4c3Sc3c([2H])c([2H])c([2H])c5c([2H])c([2H])c([2H])c-4c35)c([2H])c(-c3c([2H])c([2H])c4c([2H])c([2H])c5c([2H])c([2H])c([2H])c6c([2H])c([2H])c3c4c56)c2[2H])c([2H])c1[2H]. The molecule has 1 aliphatic heterocycles. The second-order valence-electron chi connectivity index (χ2n) is 10.0. The minimum atomic E-state index is -1.03. The van der Waals surface area contributed by atoms with Crippen molar-refractivity contribution in [3.63, 3.8) is 0 Å². The molecule has 0 saturated carbocycles. The molecule has 9 aromatic rings. The molecule has 0 aliphatic carbocycles. The van der Waals surface area contributed by atoms with Gasteiger partial charge in [-0.2, -0.15) is 0 Å². The van der Waals surface area contributed by atoms with Gasteiger partial charge in [0.05, 0.1) is 35.6 Å². The fourth-order valence-corrected chi connectivity index (χ4v) is 6.75. The second-order valence-corrected chi connectivity index (χ2v) is 11.0. The van der Waals surface area contributed by atoms with E-state index in [0.717, 1.165) is 0 Å². The van der Waals surface area contributed by atoms with Gasteiger partial charge in [0.2, 0.25) is 0 Å². The number of hydrogen-bond donors (Lipinski definition) is 0. The summed E-state index contributed by atoms with van der Waals surface area (Å²) in [4.78, 5) is -0.571. The predicted octanol–water partition coefficient (Wildman–Crippen LogP) is 12.9. The summed E-state index contributed by atoms with van der Waals surface area (Å²) in [5.41, 5.74) is -5.43. The number of benzene rings is 9. The van der Waals surface area contributed by atoms with Gasteiger partial charge in [-0.05, 0) is 106 Å². The number of fused-ring (bicyclic) bond motifs is 2. The van der Waals surface area contributed by atoms with Gasteiger partial charge in [-0.3, -0.25) is 0 Å². The fraction of sp³-hybridized carbons (Fsp3) is 0. The first-order chi connectivity index (χ1) is 33.2. The van der Waals surface area contributed by atoms with E-state index in [9.17, 15) is 12.3 Å². The van der Waals surface area contributed by atoms with Crippen LogP contribution in [0.15, 0.2) is 167 Å². The maximum absolute atomic E-state index is 10.1. The van der Waals surface area contributed by atoms with E-state index in [2.05, 4.69) is 0 Å². The van der Waals surface area contributed by atoms with Crippen LogP contribution < -0.4 is 0 Å². The summed E-state index contributed by atoms with van der Waals surface area (Å²) in [7, 11) is 0. The van der Waals surface area contributed by atoms with Crippen LogP contribution in [0.4, 0.5) is 0 Å². The summed E-state index contributed by atoms with van der Waals surface area (Å²) >= 11 is 0.543. The highest BCUT2D eigenvalue weighted by molar-refractivity contribution is 8.00. The molecule has 45 heavy (non-hydrogen) atoms. The van der Waals surface area contributed by atoms with Gasteiger partial charge in [-0.15, -0.1) is 0 Å². The summed E-state index contributed by atoms with van der Waals surface area (Å²) in [6.45, 7) is 0. The summed E-state index contributed by atoms with van der Waals surface area (Å²) in [5, 5.41) is -3.07. The van der Waals surface area contributed by atoms with Crippen LogP contribution in [0.25, 0.3) is 87.6 Å². The zero-order valence-electron chi connectivity index (χ0n) is 48.4.